The minimum absolute atomic E-state index is 0.0145. The summed E-state index contributed by atoms with van der Waals surface area (Å²) in [6, 6.07) is 13.0. The van der Waals surface area contributed by atoms with E-state index < -0.39 is 0 Å². The Morgan fingerprint density at radius 3 is 2.53 bits per heavy atom. The number of pyridine rings is 2. The molecule has 4 aromatic rings. The van der Waals surface area contributed by atoms with Gasteiger partial charge in [-0.1, -0.05) is 72.4 Å². The summed E-state index contributed by atoms with van der Waals surface area (Å²) in [7, 11) is 0. The van der Waals surface area contributed by atoms with Gasteiger partial charge in [0.25, 0.3) is 0 Å². The summed E-state index contributed by atoms with van der Waals surface area (Å²) < 4.78 is 6.37. The molecular formula is C29H34N2O. The highest BCUT2D eigenvalue weighted by Gasteiger charge is 2.21. The molecule has 3 nitrogen and oxygen atoms in total. The second-order valence-electron chi connectivity index (χ2n) is 10.9. The lowest BCUT2D eigenvalue weighted by molar-refractivity contribution is 0.542. The topological polar surface area (TPSA) is 38.9 Å². The molecular weight excluding hydrogens is 392 g/mol. The number of hydrogen-bond acceptors (Lipinski definition) is 3. The maximum atomic E-state index is 6.37. The molecule has 32 heavy (non-hydrogen) atoms. The zero-order valence-electron chi connectivity index (χ0n) is 20.0. The van der Waals surface area contributed by atoms with Gasteiger partial charge in [-0.25, -0.2) is 4.98 Å². The standard InChI is InChI=1S/C29H34N2O/c1-18(2)24-17-30-25(16-20(24)15-19-9-6-7-10-19)23-12-8-11-21-22-13-14-26(29(3,4)5)31-28(22)32-27(21)23/h8,11-14,16-19H,6-7,9-10,15H2,1-5H3. The first-order valence-electron chi connectivity index (χ1n) is 12.1. The number of fused-ring (bicyclic) bond motifs is 3. The van der Waals surface area contributed by atoms with E-state index in [2.05, 4.69) is 77.2 Å². The first-order valence-corrected chi connectivity index (χ1v) is 12.1. The van der Waals surface area contributed by atoms with Crippen molar-refractivity contribution in [1.82, 2.24) is 9.97 Å². The van der Waals surface area contributed by atoms with Gasteiger partial charge in [-0.05, 0) is 53.6 Å². The maximum absolute atomic E-state index is 6.37. The van der Waals surface area contributed by atoms with E-state index in [4.69, 9.17) is 14.4 Å². The fraction of sp³-hybridized carbons (Fsp3) is 0.448. The van der Waals surface area contributed by atoms with Gasteiger partial charge in [-0.3, -0.25) is 4.98 Å². The first-order chi connectivity index (χ1) is 15.3. The summed E-state index contributed by atoms with van der Waals surface area (Å²) in [5, 5.41) is 2.18. The highest BCUT2D eigenvalue weighted by molar-refractivity contribution is 6.08. The van der Waals surface area contributed by atoms with Crippen molar-refractivity contribution in [3.8, 4) is 11.3 Å². The monoisotopic (exact) mass is 426 g/mol. The lowest BCUT2D eigenvalue weighted by Gasteiger charge is -2.17. The predicted molar refractivity (Wildman–Crippen MR) is 133 cm³/mol. The second kappa shape index (κ2) is 8.03. The molecule has 1 fully saturated rings. The van der Waals surface area contributed by atoms with E-state index in [-0.39, 0.29) is 5.41 Å². The Bertz CT molecular complexity index is 1270. The third kappa shape index (κ3) is 3.83. The van der Waals surface area contributed by atoms with Gasteiger partial charge in [0.2, 0.25) is 5.71 Å². The van der Waals surface area contributed by atoms with Crippen LogP contribution in [0.3, 0.4) is 0 Å². The molecule has 0 spiro atoms. The summed E-state index contributed by atoms with van der Waals surface area (Å²) in [6.07, 6.45) is 8.73. The van der Waals surface area contributed by atoms with E-state index in [0.717, 1.165) is 45.6 Å². The average molecular weight is 427 g/mol. The van der Waals surface area contributed by atoms with E-state index in [9.17, 15) is 0 Å². The Labute approximate surface area is 191 Å². The Morgan fingerprint density at radius 1 is 1.03 bits per heavy atom. The summed E-state index contributed by atoms with van der Waals surface area (Å²) in [6.45, 7) is 11.1. The van der Waals surface area contributed by atoms with Gasteiger partial charge in [0.15, 0.2) is 0 Å². The molecule has 1 aliphatic rings. The van der Waals surface area contributed by atoms with E-state index in [1.165, 1.54) is 36.8 Å². The molecule has 3 heterocycles. The smallest absolute Gasteiger partial charge is 0.227 e. The van der Waals surface area contributed by atoms with Gasteiger partial charge in [0, 0.05) is 33.6 Å². The molecule has 0 saturated heterocycles. The molecule has 3 heteroatoms. The van der Waals surface area contributed by atoms with Crippen LogP contribution in [0.1, 0.15) is 83.0 Å². The van der Waals surface area contributed by atoms with Crippen molar-refractivity contribution < 1.29 is 4.42 Å². The van der Waals surface area contributed by atoms with Crippen molar-refractivity contribution >= 4 is 22.1 Å². The fourth-order valence-electron chi connectivity index (χ4n) is 5.18. The molecule has 0 unspecified atom stereocenters. The molecule has 0 amide bonds. The van der Waals surface area contributed by atoms with Gasteiger partial charge in [0.1, 0.15) is 5.58 Å². The molecule has 166 valence electrons. The molecule has 1 saturated carbocycles. The summed E-state index contributed by atoms with van der Waals surface area (Å²) in [5.41, 5.74) is 7.53. The lowest BCUT2D eigenvalue weighted by atomic mass is 9.90. The van der Waals surface area contributed by atoms with E-state index in [1.54, 1.807) is 0 Å². The number of rotatable bonds is 4. The van der Waals surface area contributed by atoms with Gasteiger partial charge in [-0.2, -0.15) is 0 Å². The van der Waals surface area contributed by atoms with Crippen molar-refractivity contribution in [2.45, 2.75) is 78.1 Å². The summed E-state index contributed by atoms with van der Waals surface area (Å²) in [4.78, 5) is 9.76. The largest absolute Gasteiger partial charge is 0.437 e. The quantitative estimate of drug-likeness (QED) is 0.330. The zero-order chi connectivity index (χ0) is 22.5. The molecule has 0 aliphatic heterocycles. The number of aromatic nitrogens is 2. The summed E-state index contributed by atoms with van der Waals surface area (Å²) >= 11 is 0. The van der Waals surface area contributed by atoms with Gasteiger partial charge >= 0.3 is 0 Å². The van der Waals surface area contributed by atoms with Crippen LogP contribution in [0, 0.1) is 5.92 Å². The van der Waals surface area contributed by atoms with Crippen molar-refractivity contribution in [2.24, 2.45) is 5.92 Å². The van der Waals surface area contributed by atoms with Crippen LogP contribution in [0.5, 0.6) is 0 Å². The predicted octanol–water partition coefficient (Wildman–Crippen LogP) is 8.20. The van der Waals surface area contributed by atoms with E-state index in [0.29, 0.717) is 11.6 Å². The molecule has 0 atom stereocenters. The fourth-order valence-corrected chi connectivity index (χ4v) is 5.18. The van der Waals surface area contributed by atoms with Crippen molar-refractivity contribution in [3.05, 3.63) is 59.4 Å². The number of nitrogens with zero attached hydrogens (tertiary/aromatic N) is 2. The highest BCUT2D eigenvalue weighted by Crippen LogP contribution is 2.37. The van der Waals surface area contributed by atoms with Crippen LogP contribution in [0.2, 0.25) is 0 Å². The molecule has 5 rings (SSSR count). The van der Waals surface area contributed by atoms with Crippen molar-refractivity contribution in [2.75, 3.05) is 0 Å². The normalized spacial score (nSPS) is 15.4. The Morgan fingerprint density at radius 2 is 1.81 bits per heavy atom. The van der Waals surface area contributed by atoms with Crippen LogP contribution in [-0.4, -0.2) is 9.97 Å². The van der Waals surface area contributed by atoms with Crippen LogP contribution >= 0.6 is 0 Å². The third-order valence-electron chi connectivity index (χ3n) is 7.04. The van der Waals surface area contributed by atoms with Crippen LogP contribution in [-0.2, 0) is 11.8 Å². The molecule has 3 aromatic heterocycles. The van der Waals surface area contributed by atoms with Crippen LogP contribution < -0.4 is 0 Å². The second-order valence-corrected chi connectivity index (χ2v) is 10.9. The number of para-hydroxylation sites is 1. The van der Waals surface area contributed by atoms with Crippen molar-refractivity contribution in [1.29, 1.82) is 0 Å². The Kier molecular flexibility index (Phi) is 5.31. The summed E-state index contributed by atoms with van der Waals surface area (Å²) in [5.74, 6) is 1.29. The molecule has 1 aliphatic carbocycles. The lowest BCUT2D eigenvalue weighted by Crippen LogP contribution is -2.12. The molecule has 0 radical (unpaired) electrons. The van der Waals surface area contributed by atoms with E-state index >= 15 is 0 Å². The Hall–Kier alpha value is -2.68. The van der Waals surface area contributed by atoms with Crippen LogP contribution in [0.15, 0.2) is 47.0 Å². The number of hydrogen-bond donors (Lipinski definition) is 0. The molecule has 1 aromatic carbocycles. The average Bonchev–Trinajstić information content (AvgIpc) is 3.39. The minimum atomic E-state index is -0.0145. The highest BCUT2D eigenvalue weighted by atomic mass is 16.3. The van der Waals surface area contributed by atoms with Gasteiger partial charge in [-0.15, -0.1) is 0 Å². The number of benzene rings is 1. The third-order valence-corrected chi connectivity index (χ3v) is 7.04. The molecule has 0 N–H and O–H groups in total. The van der Waals surface area contributed by atoms with Gasteiger partial charge in [0.05, 0.1) is 5.69 Å². The minimum Gasteiger partial charge on any atom is -0.437 e. The van der Waals surface area contributed by atoms with Gasteiger partial charge < -0.3 is 4.42 Å². The first kappa shape index (κ1) is 21.2. The van der Waals surface area contributed by atoms with E-state index in [1.807, 2.05) is 0 Å². The van der Waals surface area contributed by atoms with Crippen LogP contribution in [0.25, 0.3) is 33.3 Å². The SMILES string of the molecule is CC(C)c1cnc(-c2cccc3c2oc2nc(C(C)(C)C)ccc23)cc1CC1CCCC1. The molecule has 0 bridgehead atoms. The maximum Gasteiger partial charge on any atom is 0.227 e. The van der Waals surface area contributed by atoms with Crippen LogP contribution in [0.4, 0.5) is 0 Å². The van der Waals surface area contributed by atoms with Crippen molar-refractivity contribution in [3.63, 3.8) is 0 Å². The zero-order valence-corrected chi connectivity index (χ0v) is 20.0. The number of furan rings is 1. The Balaban J connectivity index is 1.63.